The van der Waals surface area contributed by atoms with E-state index in [1.807, 2.05) is 45.0 Å². The van der Waals surface area contributed by atoms with Gasteiger partial charge in [0.25, 0.3) is 0 Å². The molecule has 0 spiro atoms. The van der Waals surface area contributed by atoms with E-state index in [2.05, 4.69) is 40.5 Å². The number of aryl methyl sites for hydroxylation is 3. The smallest absolute Gasteiger partial charge is 0.238 e. The van der Waals surface area contributed by atoms with Gasteiger partial charge < -0.3 is 9.88 Å². The third-order valence-electron chi connectivity index (χ3n) is 6.25. The Labute approximate surface area is 186 Å². The molecule has 1 aliphatic rings. The van der Waals surface area contributed by atoms with E-state index >= 15 is 0 Å². The molecule has 31 heavy (non-hydrogen) atoms. The SMILES string of the molecule is Cc1cccc(C)c1NC(=O)CN1CCN(CC(=O)c2cc(C)n(C(C)C)c2C)CC1. The van der Waals surface area contributed by atoms with E-state index in [0.717, 1.165) is 59.9 Å². The van der Waals surface area contributed by atoms with Gasteiger partial charge in [0.1, 0.15) is 0 Å². The minimum absolute atomic E-state index is 0.0167. The van der Waals surface area contributed by atoms with Crippen LogP contribution in [0.3, 0.4) is 0 Å². The summed E-state index contributed by atoms with van der Waals surface area (Å²) >= 11 is 0. The molecule has 2 aromatic rings. The summed E-state index contributed by atoms with van der Waals surface area (Å²) in [6.45, 7) is 16.4. The molecular formula is C25H36N4O2. The first-order valence-electron chi connectivity index (χ1n) is 11.2. The zero-order valence-electron chi connectivity index (χ0n) is 19.8. The van der Waals surface area contributed by atoms with Gasteiger partial charge in [0, 0.05) is 54.9 Å². The van der Waals surface area contributed by atoms with Crippen LogP contribution in [0.25, 0.3) is 0 Å². The molecule has 0 radical (unpaired) electrons. The monoisotopic (exact) mass is 424 g/mol. The highest BCUT2D eigenvalue weighted by molar-refractivity contribution is 5.99. The number of anilines is 1. The zero-order valence-corrected chi connectivity index (χ0v) is 19.8. The van der Waals surface area contributed by atoms with Crippen LogP contribution in [0.2, 0.25) is 0 Å². The Morgan fingerprint density at radius 1 is 0.935 bits per heavy atom. The number of aromatic nitrogens is 1. The van der Waals surface area contributed by atoms with Crippen LogP contribution in [0.1, 0.15) is 52.8 Å². The Hall–Kier alpha value is -2.44. The van der Waals surface area contributed by atoms with Crippen molar-refractivity contribution in [1.29, 1.82) is 0 Å². The fraction of sp³-hybridized carbons (Fsp3) is 0.520. The van der Waals surface area contributed by atoms with Crippen LogP contribution in [-0.2, 0) is 4.79 Å². The van der Waals surface area contributed by atoms with Gasteiger partial charge in [-0.15, -0.1) is 0 Å². The van der Waals surface area contributed by atoms with Crippen LogP contribution in [0, 0.1) is 27.7 Å². The second-order valence-electron chi connectivity index (χ2n) is 9.04. The molecule has 1 aliphatic heterocycles. The third-order valence-corrected chi connectivity index (χ3v) is 6.25. The normalized spacial score (nSPS) is 15.5. The number of hydrogen-bond donors (Lipinski definition) is 1. The molecule has 0 bridgehead atoms. The summed E-state index contributed by atoms with van der Waals surface area (Å²) in [6, 6.07) is 8.39. The number of para-hydroxylation sites is 1. The van der Waals surface area contributed by atoms with Crippen molar-refractivity contribution in [3.8, 4) is 0 Å². The second-order valence-corrected chi connectivity index (χ2v) is 9.04. The summed E-state index contributed by atoms with van der Waals surface area (Å²) < 4.78 is 2.22. The highest BCUT2D eigenvalue weighted by atomic mass is 16.2. The lowest BCUT2D eigenvalue weighted by Crippen LogP contribution is -2.49. The van der Waals surface area contributed by atoms with Crippen molar-refractivity contribution < 1.29 is 9.59 Å². The molecule has 2 heterocycles. The van der Waals surface area contributed by atoms with Crippen molar-refractivity contribution in [2.24, 2.45) is 0 Å². The predicted molar refractivity (Wildman–Crippen MR) is 126 cm³/mol. The standard InChI is InChI=1S/C25H36N4O2/c1-17(2)29-20(5)14-22(21(29)6)23(30)15-27-10-12-28(13-11-27)16-24(31)26-25-18(3)8-7-9-19(25)4/h7-9,14,17H,10-13,15-16H2,1-6H3,(H,26,31). The number of carbonyl (C=O) groups excluding carboxylic acids is 2. The summed E-state index contributed by atoms with van der Waals surface area (Å²) in [4.78, 5) is 29.8. The number of benzene rings is 1. The summed E-state index contributed by atoms with van der Waals surface area (Å²) in [5, 5.41) is 3.06. The molecule has 1 amide bonds. The van der Waals surface area contributed by atoms with E-state index < -0.39 is 0 Å². The summed E-state index contributed by atoms with van der Waals surface area (Å²) in [5.41, 5.74) is 6.09. The molecule has 6 heteroatoms. The van der Waals surface area contributed by atoms with Crippen LogP contribution in [0.15, 0.2) is 24.3 Å². The Bertz CT molecular complexity index is 932. The number of amides is 1. The van der Waals surface area contributed by atoms with Gasteiger partial charge in [0.2, 0.25) is 5.91 Å². The number of nitrogens with one attached hydrogen (secondary N) is 1. The number of ketones is 1. The molecule has 0 unspecified atom stereocenters. The highest BCUT2D eigenvalue weighted by Gasteiger charge is 2.23. The van der Waals surface area contributed by atoms with Crippen molar-refractivity contribution in [2.75, 3.05) is 44.6 Å². The van der Waals surface area contributed by atoms with Gasteiger partial charge in [0.15, 0.2) is 5.78 Å². The molecule has 3 rings (SSSR count). The number of Topliss-reactive ketones (excluding diaryl/α,β-unsaturated/α-hetero) is 1. The van der Waals surface area contributed by atoms with E-state index in [1.54, 1.807) is 0 Å². The number of nitrogens with zero attached hydrogens (tertiary/aromatic N) is 3. The Morgan fingerprint density at radius 2 is 1.48 bits per heavy atom. The van der Waals surface area contributed by atoms with Crippen LogP contribution in [0.4, 0.5) is 5.69 Å². The van der Waals surface area contributed by atoms with Gasteiger partial charge in [-0.2, -0.15) is 0 Å². The number of rotatable bonds is 7. The maximum absolute atomic E-state index is 12.9. The van der Waals surface area contributed by atoms with Crippen molar-refractivity contribution in [3.63, 3.8) is 0 Å². The highest BCUT2D eigenvalue weighted by Crippen LogP contribution is 2.21. The first-order chi connectivity index (χ1) is 14.7. The maximum Gasteiger partial charge on any atom is 0.238 e. The van der Waals surface area contributed by atoms with Gasteiger partial charge in [-0.1, -0.05) is 18.2 Å². The fourth-order valence-corrected chi connectivity index (χ4v) is 4.64. The minimum atomic E-state index is 0.0167. The Morgan fingerprint density at radius 3 is 2.00 bits per heavy atom. The van der Waals surface area contributed by atoms with E-state index in [1.165, 1.54) is 0 Å². The summed E-state index contributed by atoms with van der Waals surface area (Å²) in [5.74, 6) is 0.198. The second kappa shape index (κ2) is 9.79. The molecule has 1 N–H and O–H groups in total. The van der Waals surface area contributed by atoms with E-state index in [0.29, 0.717) is 19.1 Å². The minimum Gasteiger partial charge on any atom is -0.346 e. The van der Waals surface area contributed by atoms with Crippen LogP contribution < -0.4 is 5.32 Å². The maximum atomic E-state index is 12.9. The van der Waals surface area contributed by atoms with Crippen molar-refractivity contribution in [3.05, 3.63) is 52.3 Å². The summed E-state index contributed by atoms with van der Waals surface area (Å²) in [6.07, 6.45) is 0. The quantitative estimate of drug-likeness (QED) is 0.688. The summed E-state index contributed by atoms with van der Waals surface area (Å²) in [7, 11) is 0. The van der Waals surface area contributed by atoms with Crippen molar-refractivity contribution >= 4 is 17.4 Å². The molecular weight excluding hydrogens is 388 g/mol. The molecule has 1 aromatic carbocycles. The van der Waals surface area contributed by atoms with Gasteiger partial charge >= 0.3 is 0 Å². The van der Waals surface area contributed by atoms with E-state index in [-0.39, 0.29) is 11.7 Å². The van der Waals surface area contributed by atoms with Crippen LogP contribution in [0.5, 0.6) is 0 Å². The van der Waals surface area contributed by atoms with Crippen LogP contribution >= 0.6 is 0 Å². The van der Waals surface area contributed by atoms with Crippen LogP contribution in [-0.4, -0.2) is 65.3 Å². The van der Waals surface area contributed by atoms with Gasteiger partial charge in [-0.3, -0.25) is 19.4 Å². The third kappa shape index (κ3) is 5.43. The average Bonchev–Trinajstić information content (AvgIpc) is 3.01. The number of hydrogen-bond acceptors (Lipinski definition) is 4. The van der Waals surface area contributed by atoms with E-state index in [4.69, 9.17) is 0 Å². The molecule has 1 aromatic heterocycles. The van der Waals surface area contributed by atoms with Gasteiger partial charge in [-0.05, 0) is 58.7 Å². The van der Waals surface area contributed by atoms with Gasteiger partial charge in [-0.25, -0.2) is 0 Å². The fourth-order valence-electron chi connectivity index (χ4n) is 4.64. The largest absolute Gasteiger partial charge is 0.346 e. The number of carbonyl (C=O) groups is 2. The Balaban J connectivity index is 1.50. The first kappa shape index (κ1) is 23.2. The van der Waals surface area contributed by atoms with Crippen molar-refractivity contribution in [2.45, 2.75) is 47.6 Å². The Kier molecular flexibility index (Phi) is 7.34. The molecule has 0 aliphatic carbocycles. The number of piperazine rings is 1. The molecule has 1 fully saturated rings. The predicted octanol–water partition coefficient (Wildman–Crippen LogP) is 3.74. The first-order valence-corrected chi connectivity index (χ1v) is 11.2. The lowest BCUT2D eigenvalue weighted by atomic mass is 10.1. The molecule has 0 saturated carbocycles. The molecule has 6 nitrogen and oxygen atoms in total. The molecule has 1 saturated heterocycles. The lowest BCUT2D eigenvalue weighted by Gasteiger charge is -2.33. The van der Waals surface area contributed by atoms with Crippen molar-refractivity contribution in [1.82, 2.24) is 14.4 Å². The lowest BCUT2D eigenvalue weighted by molar-refractivity contribution is -0.117. The topological polar surface area (TPSA) is 57.6 Å². The van der Waals surface area contributed by atoms with Gasteiger partial charge in [0.05, 0.1) is 13.1 Å². The average molecular weight is 425 g/mol. The van der Waals surface area contributed by atoms with E-state index in [9.17, 15) is 9.59 Å². The molecule has 0 atom stereocenters. The molecule has 168 valence electrons. The zero-order chi connectivity index (χ0) is 22.7.